The number of nitrogens with zero attached hydrogens (tertiary/aromatic N) is 1. The van der Waals surface area contributed by atoms with Gasteiger partial charge in [-0.25, -0.2) is 0 Å². The second-order valence-corrected chi connectivity index (χ2v) is 7.58. The van der Waals surface area contributed by atoms with E-state index in [9.17, 15) is 19.2 Å². The van der Waals surface area contributed by atoms with E-state index in [1.54, 1.807) is 6.26 Å². The number of carbonyl (C=O) groups excluding carboxylic acids is 4. The Morgan fingerprint density at radius 2 is 2.26 bits per heavy atom. The molecule has 8 nitrogen and oxygen atoms in total. The van der Waals surface area contributed by atoms with E-state index < -0.39 is 12.6 Å². The summed E-state index contributed by atoms with van der Waals surface area (Å²) >= 11 is 1.37. The summed E-state index contributed by atoms with van der Waals surface area (Å²) < 4.78 is 23.1. The predicted octanol–water partition coefficient (Wildman–Crippen LogP) is 0.953. The lowest BCUT2D eigenvalue weighted by Crippen LogP contribution is -2.34. The molecule has 0 radical (unpaired) electrons. The van der Waals surface area contributed by atoms with Gasteiger partial charge in [-0.1, -0.05) is 0 Å². The number of imide groups is 1. The number of hydrogen-bond acceptors (Lipinski definition) is 8. The fourth-order valence-corrected chi connectivity index (χ4v) is 3.76. The van der Waals surface area contributed by atoms with E-state index in [4.69, 9.17) is 15.6 Å². The van der Waals surface area contributed by atoms with Gasteiger partial charge in [0.1, 0.15) is 20.8 Å². The monoisotopic (exact) mass is 402 g/mol. The molecule has 0 saturated carbocycles. The minimum Gasteiger partial charge on any atom is -0.371 e. The first-order valence-corrected chi connectivity index (χ1v) is 10.4. The van der Waals surface area contributed by atoms with Crippen LogP contribution >= 0.6 is 11.8 Å². The predicted molar refractivity (Wildman–Crippen MR) is 98.2 cm³/mol. The Bertz CT molecular complexity index is 588. The number of hydrogen-bond donors (Lipinski definition) is 0. The Morgan fingerprint density at radius 1 is 1.44 bits per heavy atom. The van der Waals surface area contributed by atoms with Gasteiger partial charge in [-0.2, -0.15) is 11.8 Å². The van der Waals surface area contributed by atoms with Crippen LogP contribution in [0.2, 0.25) is 0 Å². The van der Waals surface area contributed by atoms with Crippen LogP contribution in [0, 0.1) is 0 Å². The van der Waals surface area contributed by atoms with Crippen molar-refractivity contribution in [2.45, 2.75) is 56.2 Å². The van der Waals surface area contributed by atoms with E-state index in [2.05, 4.69) is 0 Å². The van der Waals surface area contributed by atoms with E-state index in [1.165, 1.54) is 16.7 Å². The molecule has 0 spiro atoms. The number of ether oxygens (including phenoxy) is 3. The van der Waals surface area contributed by atoms with Gasteiger partial charge in [0, 0.05) is 19.4 Å². The molecule has 2 saturated heterocycles. The molecule has 152 valence electrons. The number of likely N-dealkylation sites (tertiary alicyclic amines) is 1. The molecule has 2 rings (SSSR count). The smallest absolute Gasteiger partial charge is 0.242 e. The molecule has 2 aliphatic rings. The fourth-order valence-electron chi connectivity index (χ4n) is 3.12. The van der Waals surface area contributed by atoms with Gasteiger partial charge >= 0.3 is 0 Å². The molecule has 0 aromatic rings. The van der Waals surface area contributed by atoms with Crippen LogP contribution in [-0.4, -0.2) is 79.0 Å². The summed E-state index contributed by atoms with van der Waals surface area (Å²) in [7, 11) is 0. The van der Waals surface area contributed by atoms with Gasteiger partial charge in [0.05, 0.1) is 18.0 Å². The highest BCUT2D eigenvalue weighted by molar-refractivity contribution is 8.00. The Labute approximate surface area is 164 Å². The Hall–Kier alpha value is -1.29. The highest BCUT2D eigenvalue weighted by Crippen LogP contribution is 2.23. The first kappa shape index (κ1) is 20.4. The topological polar surface area (TPSA) is 99.2 Å². The number of amides is 2. The van der Waals surface area contributed by atoms with Crippen LogP contribution in [-0.2, 0) is 33.4 Å². The maximum atomic E-state index is 12.0. The lowest BCUT2D eigenvalue weighted by molar-refractivity contribution is -0.202. The minimum atomic E-state index is -0.797. The van der Waals surface area contributed by atoms with Crippen molar-refractivity contribution in [2.24, 2.45) is 0 Å². The molecule has 3 atom stereocenters. The van der Waals surface area contributed by atoms with Crippen LogP contribution in [0.15, 0.2) is 0 Å². The molecule has 2 amide bonds. The maximum absolute atomic E-state index is 12.0. The third-order valence-corrected chi connectivity index (χ3v) is 5.47. The molecule has 0 aromatic heterocycles. The van der Waals surface area contributed by atoms with Crippen molar-refractivity contribution in [1.29, 1.82) is 0 Å². The third kappa shape index (κ3) is 6.99. The lowest BCUT2D eigenvalue weighted by Gasteiger charge is -2.29. The van der Waals surface area contributed by atoms with Crippen molar-refractivity contribution in [3.63, 3.8) is 0 Å². The third-order valence-electron chi connectivity index (χ3n) is 4.53. The zero-order valence-corrected chi connectivity index (χ0v) is 16.3. The van der Waals surface area contributed by atoms with Crippen LogP contribution in [0.25, 0.3) is 0 Å². The molecule has 0 aromatic carbocycles. The summed E-state index contributed by atoms with van der Waals surface area (Å²) in [5.41, 5.74) is 0. The van der Waals surface area contributed by atoms with Crippen molar-refractivity contribution in [3.8, 4) is 0 Å². The average Bonchev–Trinajstić information content (AvgIpc) is 2.94. The van der Waals surface area contributed by atoms with Crippen LogP contribution in [0.3, 0.4) is 0 Å². The van der Waals surface area contributed by atoms with E-state index in [0.29, 0.717) is 12.8 Å². The highest BCUT2D eigenvalue weighted by atomic mass is 32.2. The van der Waals surface area contributed by atoms with Gasteiger partial charge in [-0.05, 0) is 31.9 Å². The van der Waals surface area contributed by atoms with Crippen molar-refractivity contribution in [1.82, 2.24) is 4.90 Å². The van der Waals surface area contributed by atoms with Gasteiger partial charge in [-0.15, -0.1) is 0 Å². The van der Waals surface area contributed by atoms with E-state index in [-0.39, 0.29) is 68.2 Å². The van der Waals surface area contributed by atoms with Gasteiger partial charge in [0.25, 0.3) is 0 Å². The van der Waals surface area contributed by atoms with E-state index in [0.717, 1.165) is 12.8 Å². The largest absolute Gasteiger partial charge is 0.371 e. The Kier molecular flexibility index (Phi) is 8.73. The first-order chi connectivity index (χ1) is 13.4. The number of Topliss-reactive ketones (excluding diaryl/α,β-unsaturated/α-hetero) is 1. The molecule has 2 heterocycles. The van der Waals surface area contributed by atoms with E-state index >= 15 is 0 Å². The normalized spacial score (nSPS) is 26.3. The zero-order chi connectivity index (χ0) is 20.5. The maximum Gasteiger partial charge on any atom is 0.242 e. The van der Waals surface area contributed by atoms with Crippen LogP contribution in [0.5, 0.6) is 0 Å². The molecular formula is C18H27NO7S. The number of aldehydes is 1. The van der Waals surface area contributed by atoms with Crippen LogP contribution in [0.4, 0.5) is 0 Å². The van der Waals surface area contributed by atoms with Crippen molar-refractivity contribution in [3.05, 3.63) is 0 Å². The fraction of sp³-hybridized carbons (Fsp3) is 0.778. The quantitative estimate of drug-likeness (QED) is 0.351. The van der Waals surface area contributed by atoms with Crippen molar-refractivity contribution < 1.29 is 34.8 Å². The zero-order valence-electron chi connectivity index (χ0n) is 16.5. The number of thioether (sulfide) groups is 1. The molecule has 9 heteroatoms. The summed E-state index contributed by atoms with van der Waals surface area (Å²) in [6, 6.07) is 0. The Morgan fingerprint density at radius 3 is 2.96 bits per heavy atom. The van der Waals surface area contributed by atoms with Crippen LogP contribution < -0.4 is 0 Å². The summed E-state index contributed by atoms with van der Waals surface area (Å²) in [5.74, 6) is -0.435. The van der Waals surface area contributed by atoms with Gasteiger partial charge in [-0.3, -0.25) is 19.3 Å². The standard InChI is InChI=1S/C18H27NO7S/c1-27-15-10-16(22)19(18(15)23)7-3-4-13(21)11-24-12-14-5-2-6-17(26-14)25-9-8-20/h8,14-15,17H,2-7,9-12H2,1H3/i8D. The molecule has 2 aliphatic heterocycles. The van der Waals surface area contributed by atoms with Gasteiger partial charge in [0.2, 0.25) is 11.8 Å². The molecule has 27 heavy (non-hydrogen) atoms. The second kappa shape index (κ2) is 11.5. The lowest BCUT2D eigenvalue weighted by atomic mass is 10.1. The molecular weight excluding hydrogens is 374 g/mol. The van der Waals surface area contributed by atoms with Gasteiger partial charge in [0.15, 0.2) is 12.1 Å². The van der Waals surface area contributed by atoms with Crippen LogP contribution in [0.1, 0.15) is 39.9 Å². The molecule has 0 N–H and O–H groups in total. The minimum absolute atomic E-state index is 0.0497. The summed E-state index contributed by atoms with van der Waals surface area (Å²) in [6.07, 6.45) is 3.47. The first-order valence-electron chi connectivity index (χ1n) is 9.63. The molecule has 0 bridgehead atoms. The highest BCUT2D eigenvalue weighted by Gasteiger charge is 2.37. The van der Waals surface area contributed by atoms with Crippen molar-refractivity contribution in [2.75, 3.05) is 32.6 Å². The number of ketones is 1. The molecule has 0 aliphatic carbocycles. The summed E-state index contributed by atoms with van der Waals surface area (Å²) in [5, 5.41) is -0.297. The molecule has 3 unspecified atom stereocenters. The number of carbonyl (C=O) groups is 4. The molecule has 2 fully saturated rings. The summed E-state index contributed by atoms with van der Waals surface area (Å²) in [4.78, 5) is 47.6. The number of rotatable bonds is 12. The van der Waals surface area contributed by atoms with Crippen molar-refractivity contribution >= 4 is 35.6 Å². The second-order valence-electron chi connectivity index (χ2n) is 6.54. The summed E-state index contributed by atoms with van der Waals surface area (Å²) in [6.45, 7) is 0.168. The van der Waals surface area contributed by atoms with Gasteiger partial charge < -0.3 is 19.0 Å². The van der Waals surface area contributed by atoms with E-state index in [1.807, 2.05) is 0 Å². The Balaban J connectivity index is 1.58. The SMILES string of the molecule is [2H]C(=O)COC1CCCC(COCC(=O)CCCN2C(=O)CC(SC)C2=O)O1. The average molecular weight is 402 g/mol.